The van der Waals surface area contributed by atoms with Crippen LogP contribution in [0.25, 0.3) is 0 Å². The number of nitrogens with two attached hydrogens (primary N) is 1. The molecule has 1 unspecified atom stereocenters. The first-order chi connectivity index (χ1) is 7.09. The Morgan fingerprint density at radius 3 is 2.53 bits per heavy atom. The molecule has 1 aliphatic carbocycles. The van der Waals surface area contributed by atoms with Crippen molar-refractivity contribution in [1.82, 2.24) is 5.32 Å². The fraction of sp³-hybridized carbons (Fsp3) is 0.800. The zero-order valence-corrected chi connectivity index (χ0v) is 8.74. The summed E-state index contributed by atoms with van der Waals surface area (Å²) in [6.07, 6.45) is 4.43. The van der Waals surface area contributed by atoms with Crippen LogP contribution in [0.5, 0.6) is 0 Å². The van der Waals surface area contributed by atoms with Crippen LogP contribution in [-0.2, 0) is 9.59 Å². The van der Waals surface area contributed by atoms with Crippen molar-refractivity contribution in [2.45, 2.75) is 38.1 Å². The molecule has 0 saturated heterocycles. The molecule has 1 atom stereocenters. The number of hydrogen-bond acceptors (Lipinski definition) is 3. The lowest BCUT2D eigenvalue weighted by molar-refractivity contribution is -0.139. The highest BCUT2D eigenvalue weighted by Crippen LogP contribution is 2.23. The molecule has 4 N–H and O–H groups in total. The summed E-state index contributed by atoms with van der Waals surface area (Å²) in [5.74, 6) is -0.853. The van der Waals surface area contributed by atoms with E-state index in [1.165, 1.54) is 12.8 Å². The smallest absolute Gasteiger partial charge is 0.305 e. The third-order valence-corrected chi connectivity index (χ3v) is 2.77. The van der Waals surface area contributed by atoms with E-state index in [1.54, 1.807) is 0 Å². The van der Waals surface area contributed by atoms with Gasteiger partial charge in [0.15, 0.2) is 0 Å². The largest absolute Gasteiger partial charge is 0.481 e. The van der Waals surface area contributed by atoms with Crippen LogP contribution in [0.1, 0.15) is 32.1 Å². The van der Waals surface area contributed by atoms with Gasteiger partial charge in [-0.05, 0) is 18.8 Å². The number of hydrogen-bond donors (Lipinski definition) is 3. The van der Waals surface area contributed by atoms with Gasteiger partial charge in [-0.15, -0.1) is 0 Å². The summed E-state index contributed by atoms with van der Waals surface area (Å²) in [5, 5.41) is 11.2. The fourth-order valence-electron chi connectivity index (χ4n) is 1.87. The molecular weight excluding hydrogens is 196 g/mol. The summed E-state index contributed by atoms with van der Waals surface area (Å²) in [6, 6.07) is -0.927. The van der Waals surface area contributed by atoms with Crippen molar-refractivity contribution in [2.24, 2.45) is 11.7 Å². The van der Waals surface area contributed by atoms with Gasteiger partial charge in [0.2, 0.25) is 5.91 Å². The normalized spacial score (nSPS) is 18.7. The maximum atomic E-state index is 11.3. The molecule has 0 aromatic heterocycles. The van der Waals surface area contributed by atoms with Crippen LogP contribution in [0, 0.1) is 5.92 Å². The number of carboxylic acid groups (broad SMARTS) is 1. The molecule has 0 spiro atoms. The zero-order chi connectivity index (χ0) is 11.3. The number of rotatable bonds is 5. The van der Waals surface area contributed by atoms with Crippen molar-refractivity contribution >= 4 is 11.9 Å². The van der Waals surface area contributed by atoms with Crippen LogP contribution in [0.4, 0.5) is 0 Å². The van der Waals surface area contributed by atoms with Gasteiger partial charge < -0.3 is 16.2 Å². The Hall–Kier alpha value is -1.10. The lowest BCUT2D eigenvalue weighted by atomic mass is 10.1. The van der Waals surface area contributed by atoms with E-state index in [0.717, 1.165) is 12.8 Å². The third-order valence-electron chi connectivity index (χ3n) is 2.77. The van der Waals surface area contributed by atoms with Crippen LogP contribution in [0.2, 0.25) is 0 Å². The molecule has 0 bridgehead atoms. The van der Waals surface area contributed by atoms with Gasteiger partial charge in [-0.1, -0.05) is 12.8 Å². The summed E-state index contributed by atoms with van der Waals surface area (Å²) in [6.45, 7) is 0.631. The average Bonchev–Trinajstić information content (AvgIpc) is 2.65. The minimum Gasteiger partial charge on any atom is -0.481 e. The Labute approximate surface area is 89.0 Å². The van der Waals surface area contributed by atoms with Crippen LogP contribution >= 0.6 is 0 Å². The Morgan fingerprint density at radius 2 is 2.00 bits per heavy atom. The van der Waals surface area contributed by atoms with Crippen molar-refractivity contribution in [3.8, 4) is 0 Å². The van der Waals surface area contributed by atoms with Crippen LogP contribution in [-0.4, -0.2) is 29.6 Å². The first-order valence-corrected chi connectivity index (χ1v) is 5.34. The van der Waals surface area contributed by atoms with Gasteiger partial charge in [0.25, 0.3) is 0 Å². The topological polar surface area (TPSA) is 92.4 Å². The number of carbonyl (C=O) groups excluding carboxylic acids is 1. The van der Waals surface area contributed by atoms with E-state index in [-0.39, 0.29) is 12.3 Å². The van der Waals surface area contributed by atoms with E-state index < -0.39 is 12.0 Å². The second kappa shape index (κ2) is 5.70. The summed E-state index contributed by atoms with van der Waals surface area (Å²) in [4.78, 5) is 21.7. The highest BCUT2D eigenvalue weighted by Gasteiger charge is 2.19. The van der Waals surface area contributed by atoms with E-state index in [0.29, 0.717) is 12.5 Å². The van der Waals surface area contributed by atoms with Crippen molar-refractivity contribution in [2.75, 3.05) is 6.54 Å². The van der Waals surface area contributed by atoms with Crippen LogP contribution < -0.4 is 11.1 Å². The predicted octanol–water partition coefficient (Wildman–Crippen LogP) is 0.0948. The van der Waals surface area contributed by atoms with E-state index in [2.05, 4.69) is 5.32 Å². The predicted molar refractivity (Wildman–Crippen MR) is 55.2 cm³/mol. The van der Waals surface area contributed by atoms with Gasteiger partial charge in [0, 0.05) is 6.54 Å². The maximum absolute atomic E-state index is 11.3. The van der Waals surface area contributed by atoms with Gasteiger partial charge in [-0.2, -0.15) is 0 Å². The van der Waals surface area contributed by atoms with Gasteiger partial charge in [-0.25, -0.2) is 0 Å². The van der Waals surface area contributed by atoms with Gasteiger partial charge >= 0.3 is 5.97 Å². The molecule has 0 aromatic carbocycles. The maximum Gasteiger partial charge on any atom is 0.305 e. The highest BCUT2D eigenvalue weighted by atomic mass is 16.4. The van der Waals surface area contributed by atoms with E-state index >= 15 is 0 Å². The fourth-order valence-corrected chi connectivity index (χ4v) is 1.87. The minimum atomic E-state index is -1.04. The lowest BCUT2D eigenvalue weighted by Crippen LogP contribution is -2.43. The quantitative estimate of drug-likeness (QED) is 0.605. The van der Waals surface area contributed by atoms with Gasteiger partial charge in [0.05, 0.1) is 12.5 Å². The average molecular weight is 214 g/mol. The molecule has 1 aliphatic rings. The number of aliphatic carboxylic acids is 1. The van der Waals surface area contributed by atoms with Crippen LogP contribution in [0.15, 0.2) is 0 Å². The van der Waals surface area contributed by atoms with Crippen molar-refractivity contribution in [3.63, 3.8) is 0 Å². The first-order valence-electron chi connectivity index (χ1n) is 5.34. The standard InChI is InChI=1S/C10H18N2O3/c11-8(5-9(13)14)10(15)12-6-7-3-1-2-4-7/h7-8H,1-6,11H2,(H,12,15)(H,13,14). The molecular formula is C10H18N2O3. The van der Waals surface area contributed by atoms with E-state index in [1.807, 2.05) is 0 Å². The summed E-state index contributed by atoms with van der Waals surface area (Å²) in [7, 11) is 0. The highest BCUT2D eigenvalue weighted by molar-refractivity contribution is 5.85. The molecule has 15 heavy (non-hydrogen) atoms. The second-order valence-electron chi connectivity index (χ2n) is 4.10. The molecule has 0 heterocycles. The summed E-state index contributed by atoms with van der Waals surface area (Å²) < 4.78 is 0. The third kappa shape index (κ3) is 4.29. The van der Waals surface area contributed by atoms with Gasteiger partial charge in [-0.3, -0.25) is 9.59 Å². The van der Waals surface area contributed by atoms with E-state index in [4.69, 9.17) is 10.8 Å². The zero-order valence-electron chi connectivity index (χ0n) is 8.74. The molecule has 86 valence electrons. The SMILES string of the molecule is NC(CC(=O)O)C(=O)NCC1CCCC1. The molecule has 1 saturated carbocycles. The van der Waals surface area contributed by atoms with E-state index in [9.17, 15) is 9.59 Å². The molecule has 1 fully saturated rings. The van der Waals surface area contributed by atoms with Crippen molar-refractivity contribution < 1.29 is 14.7 Å². The lowest BCUT2D eigenvalue weighted by Gasteiger charge is -2.13. The molecule has 5 heteroatoms. The number of carboxylic acids is 1. The molecule has 0 radical (unpaired) electrons. The van der Waals surface area contributed by atoms with Crippen molar-refractivity contribution in [1.29, 1.82) is 0 Å². The molecule has 5 nitrogen and oxygen atoms in total. The monoisotopic (exact) mass is 214 g/mol. The Kier molecular flexibility index (Phi) is 4.55. The second-order valence-corrected chi connectivity index (χ2v) is 4.10. The Morgan fingerprint density at radius 1 is 1.40 bits per heavy atom. The van der Waals surface area contributed by atoms with Gasteiger partial charge in [0.1, 0.15) is 0 Å². The molecule has 0 aromatic rings. The molecule has 0 aliphatic heterocycles. The number of carbonyl (C=O) groups is 2. The van der Waals surface area contributed by atoms with Crippen molar-refractivity contribution in [3.05, 3.63) is 0 Å². The minimum absolute atomic E-state index is 0.309. The Balaban J connectivity index is 2.19. The van der Waals surface area contributed by atoms with Crippen LogP contribution in [0.3, 0.4) is 0 Å². The summed E-state index contributed by atoms with van der Waals surface area (Å²) >= 11 is 0. The first kappa shape index (κ1) is 12.0. The summed E-state index contributed by atoms with van der Waals surface area (Å²) in [5.41, 5.74) is 5.41. The molecule has 1 amide bonds. The number of amides is 1. The number of nitrogens with one attached hydrogen (secondary N) is 1. The Bertz CT molecular complexity index is 237. The molecule has 1 rings (SSSR count).